The highest BCUT2D eigenvalue weighted by Gasteiger charge is 2.02. The van der Waals surface area contributed by atoms with Gasteiger partial charge >= 0.3 is 0 Å². The van der Waals surface area contributed by atoms with Crippen molar-refractivity contribution in [3.8, 4) is 11.8 Å². The van der Waals surface area contributed by atoms with Crippen LogP contribution in [0.2, 0.25) is 0 Å². The molecule has 0 N–H and O–H groups in total. The van der Waals surface area contributed by atoms with Gasteiger partial charge in [0.2, 0.25) is 0 Å². The minimum Gasteiger partial charge on any atom is -0.299 e. The van der Waals surface area contributed by atoms with Crippen LogP contribution in [0.3, 0.4) is 0 Å². The van der Waals surface area contributed by atoms with Crippen LogP contribution in [0.5, 0.6) is 0 Å². The molecule has 1 heteroatoms. The van der Waals surface area contributed by atoms with Crippen LogP contribution in [0.15, 0.2) is 60.7 Å². The summed E-state index contributed by atoms with van der Waals surface area (Å²) >= 11 is 0. The fraction of sp³-hybridized carbons (Fsp3) is 0.200. The summed E-state index contributed by atoms with van der Waals surface area (Å²) in [7, 11) is 4.05. The first-order chi connectivity index (χ1) is 10.2. The van der Waals surface area contributed by atoms with Gasteiger partial charge in [0.05, 0.1) is 6.54 Å². The fourth-order valence-corrected chi connectivity index (χ4v) is 2.15. The van der Waals surface area contributed by atoms with Crippen molar-refractivity contribution in [1.82, 2.24) is 4.90 Å². The SMILES string of the molecule is C/C=C(\c1ccccc1)c1ccc(C#CCN(C)C)cc1. The maximum atomic E-state index is 3.19. The Morgan fingerprint density at radius 3 is 2.14 bits per heavy atom. The molecule has 0 aliphatic carbocycles. The molecular formula is C20H21N. The second-order valence-corrected chi connectivity index (χ2v) is 5.19. The molecule has 2 aromatic carbocycles. The number of hydrogen-bond donors (Lipinski definition) is 0. The van der Waals surface area contributed by atoms with E-state index in [1.54, 1.807) is 0 Å². The molecule has 0 saturated heterocycles. The van der Waals surface area contributed by atoms with Gasteiger partial charge in [-0.25, -0.2) is 0 Å². The molecule has 0 atom stereocenters. The van der Waals surface area contributed by atoms with Crippen LogP contribution in [-0.2, 0) is 0 Å². The van der Waals surface area contributed by atoms with Crippen molar-refractivity contribution in [3.63, 3.8) is 0 Å². The molecule has 0 fully saturated rings. The van der Waals surface area contributed by atoms with Gasteiger partial charge in [0, 0.05) is 5.56 Å². The van der Waals surface area contributed by atoms with Crippen LogP contribution in [-0.4, -0.2) is 25.5 Å². The second-order valence-electron chi connectivity index (χ2n) is 5.19. The zero-order valence-electron chi connectivity index (χ0n) is 12.9. The summed E-state index contributed by atoms with van der Waals surface area (Å²) in [6, 6.07) is 18.9. The lowest BCUT2D eigenvalue weighted by molar-refractivity contribution is 0.464. The molecule has 2 aromatic rings. The largest absolute Gasteiger partial charge is 0.299 e. The van der Waals surface area contributed by atoms with Crippen LogP contribution in [0, 0.1) is 11.8 Å². The van der Waals surface area contributed by atoms with Crippen LogP contribution < -0.4 is 0 Å². The van der Waals surface area contributed by atoms with E-state index in [4.69, 9.17) is 0 Å². The van der Waals surface area contributed by atoms with Crippen LogP contribution in [0.4, 0.5) is 0 Å². The van der Waals surface area contributed by atoms with E-state index in [1.165, 1.54) is 16.7 Å². The van der Waals surface area contributed by atoms with Gasteiger partial charge in [-0.3, -0.25) is 4.90 Å². The van der Waals surface area contributed by atoms with E-state index in [-0.39, 0.29) is 0 Å². The highest BCUT2D eigenvalue weighted by atomic mass is 15.0. The molecule has 0 amide bonds. The van der Waals surface area contributed by atoms with Crippen molar-refractivity contribution < 1.29 is 0 Å². The van der Waals surface area contributed by atoms with E-state index in [2.05, 4.69) is 78.3 Å². The van der Waals surface area contributed by atoms with E-state index in [1.807, 2.05) is 20.2 Å². The summed E-state index contributed by atoms with van der Waals surface area (Å²) in [4.78, 5) is 2.06. The summed E-state index contributed by atoms with van der Waals surface area (Å²) in [5.41, 5.74) is 4.78. The first-order valence-corrected chi connectivity index (χ1v) is 7.16. The average Bonchev–Trinajstić information content (AvgIpc) is 2.50. The quantitative estimate of drug-likeness (QED) is 0.764. The second kappa shape index (κ2) is 7.47. The van der Waals surface area contributed by atoms with Crippen LogP contribution >= 0.6 is 0 Å². The van der Waals surface area contributed by atoms with Crippen LogP contribution in [0.1, 0.15) is 23.6 Å². The lowest BCUT2D eigenvalue weighted by Crippen LogP contribution is -2.10. The number of benzene rings is 2. The lowest BCUT2D eigenvalue weighted by Gasteiger charge is -2.07. The number of rotatable bonds is 3. The monoisotopic (exact) mass is 275 g/mol. The Labute approximate surface area is 127 Å². The molecule has 0 bridgehead atoms. The Balaban J connectivity index is 2.20. The Bertz CT molecular complexity index is 652. The van der Waals surface area contributed by atoms with Crippen molar-refractivity contribution in [1.29, 1.82) is 0 Å². The van der Waals surface area contributed by atoms with Crippen molar-refractivity contribution in [2.45, 2.75) is 6.92 Å². The molecule has 0 spiro atoms. The smallest absolute Gasteiger partial charge is 0.0600 e. The molecule has 0 aliphatic rings. The number of hydrogen-bond acceptors (Lipinski definition) is 1. The third-order valence-electron chi connectivity index (χ3n) is 3.20. The summed E-state index contributed by atoms with van der Waals surface area (Å²) in [6.07, 6.45) is 2.15. The van der Waals surface area contributed by atoms with Gasteiger partial charge < -0.3 is 0 Å². The van der Waals surface area contributed by atoms with Crippen molar-refractivity contribution >= 4 is 5.57 Å². The summed E-state index contributed by atoms with van der Waals surface area (Å²) < 4.78 is 0. The van der Waals surface area contributed by atoms with E-state index >= 15 is 0 Å². The molecule has 106 valence electrons. The zero-order chi connectivity index (χ0) is 15.1. The van der Waals surface area contributed by atoms with Crippen molar-refractivity contribution in [3.05, 3.63) is 77.4 Å². The van der Waals surface area contributed by atoms with Gasteiger partial charge in [-0.05, 0) is 49.9 Å². The standard InChI is InChI=1S/C20H21N/c1-4-20(18-10-6-5-7-11-18)19-14-12-17(13-15-19)9-8-16-21(2)3/h4-7,10-15H,16H2,1-3H3/b20-4+. The molecule has 2 rings (SSSR count). The minimum absolute atomic E-state index is 0.784. The van der Waals surface area contributed by atoms with E-state index in [9.17, 15) is 0 Å². The summed E-state index contributed by atoms with van der Waals surface area (Å²) in [5, 5.41) is 0. The minimum atomic E-state index is 0.784. The third kappa shape index (κ3) is 4.34. The van der Waals surface area contributed by atoms with Crippen molar-refractivity contribution in [2.75, 3.05) is 20.6 Å². The normalized spacial score (nSPS) is 11.1. The van der Waals surface area contributed by atoms with Gasteiger partial charge in [0.1, 0.15) is 0 Å². The molecule has 0 aromatic heterocycles. The van der Waals surface area contributed by atoms with Crippen molar-refractivity contribution in [2.24, 2.45) is 0 Å². The maximum absolute atomic E-state index is 3.19. The van der Waals surface area contributed by atoms with Gasteiger partial charge in [-0.1, -0.05) is 60.4 Å². The molecule has 1 nitrogen and oxygen atoms in total. The first kappa shape index (κ1) is 15.1. The van der Waals surface area contributed by atoms with E-state index in [0.29, 0.717) is 0 Å². The summed E-state index contributed by atoms with van der Waals surface area (Å²) in [5.74, 6) is 6.35. The lowest BCUT2D eigenvalue weighted by atomic mass is 9.97. The Morgan fingerprint density at radius 1 is 0.952 bits per heavy atom. The van der Waals surface area contributed by atoms with E-state index in [0.717, 1.165) is 12.1 Å². The highest BCUT2D eigenvalue weighted by molar-refractivity contribution is 5.79. The van der Waals surface area contributed by atoms with E-state index < -0.39 is 0 Å². The Hall–Kier alpha value is -2.30. The fourth-order valence-electron chi connectivity index (χ4n) is 2.15. The average molecular weight is 275 g/mol. The predicted molar refractivity (Wildman–Crippen MR) is 91.1 cm³/mol. The zero-order valence-corrected chi connectivity index (χ0v) is 12.9. The first-order valence-electron chi connectivity index (χ1n) is 7.16. The highest BCUT2D eigenvalue weighted by Crippen LogP contribution is 2.23. The summed E-state index contributed by atoms with van der Waals surface area (Å²) in [6.45, 7) is 2.86. The predicted octanol–water partition coefficient (Wildman–Crippen LogP) is 4.05. The van der Waals surface area contributed by atoms with Gasteiger partial charge in [-0.2, -0.15) is 0 Å². The third-order valence-corrected chi connectivity index (χ3v) is 3.20. The molecular weight excluding hydrogens is 254 g/mol. The Kier molecular flexibility index (Phi) is 5.37. The molecule has 0 unspecified atom stereocenters. The number of nitrogens with zero attached hydrogens (tertiary/aromatic N) is 1. The molecule has 0 saturated carbocycles. The van der Waals surface area contributed by atoms with Gasteiger partial charge in [0.25, 0.3) is 0 Å². The number of allylic oxidation sites excluding steroid dienone is 1. The topological polar surface area (TPSA) is 3.24 Å². The molecule has 0 aliphatic heterocycles. The Morgan fingerprint density at radius 2 is 1.57 bits per heavy atom. The maximum Gasteiger partial charge on any atom is 0.0600 e. The molecule has 0 radical (unpaired) electrons. The van der Waals surface area contributed by atoms with Gasteiger partial charge in [-0.15, -0.1) is 0 Å². The van der Waals surface area contributed by atoms with Crippen LogP contribution in [0.25, 0.3) is 5.57 Å². The molecule has 0 heterocycles. The molecule has 21 heavy (non-hydrogen) atoms. The van der Waals surface area contributed by atoms with Gasteiger partial charge in [0.15, 0.2) is 0 Å².